The number of ether oxygens (including phenoxy) is 2. The number of pyridine rings is 1. The van der Waals surface area contributed by atoms with Crippen molar-refractivity contribution >= 4 is 15.9 Å². The van der Waals surface area contributed by atoms with Gasteiger partial charge in [-0.1, -0.05) is 6.07 Å². The average molecular weight is 416 g/mol. The Labute approximate surface area is 158 Å². The lowest BCUT2D eigenvalue weighted by Gasteiger charge is -2.18. The Balaban J connectivity index is 0.00000288. The Bertz CT molecular complexity index is 645. The van der Waals surface area contributed by atoms with Gasteiger partial charge in [-0.3, -0.25) is 4.98 Å². The zero-order valence-corrected chi connectivity index (χ0v) is 16.8. The molecule has 0 spiro atoms. The molecule has 0 radical (unpaired) electrons. The Hall–Kier alpha value is -1.30. The summed E-state index contributed by atoms with van der Waals surface area (Å²) in [4.78, 5) is 4.10. The van der Waals surface area contributed by atoms with E-state index in [9.17, 15) is 0 Å². The van der Waals surface area contributed by atoms with Crippen molar-refractivity contribution in [2.45, 2.75) is 39.5 Å². The number of nitrogens with two attached hydrogens (primary N) is 1. The molecule has 4 nitrogen and oxygen atoms in total. The van der Waals surface area contributed by atoms with Crippen LogP contribution in [0, 0.1) is 0 Å². The number of quaternary nitrogens is 1. The maximum Gasteiger partial charge on any atom is 0.175 e. The maximum absolute atomic E-state index is 5.92. The lowest BCUT2D eigenvalue weighted by atomic mass is 10.1. The number of rotatable bonds is 6. The summed E-state index contributed by atoms with van der Waals surface area (Å²) in [5.41, 5.74) is 2.40. The zero-order valence-electron chi connectivity index (χ0n) is 14.5. The number of nitrogens with zero attached hydrogens (tertiary/aromatic N) is 1. The van der Waals surface area contributed by atoms with Crippen LogP contribution in [0.2, 0.25) is 0 Å². The molecule has 0 saturated heterocycles. The first kappa shape index (κ1) is 20.7. The standard InChI is InChI=1S/C18H23BrN2O2.ClH/c1-18(2,3)21-11-14-8-15(19)17(16(9-14)22-4)23-12-13-6-5-7-20-10-13;/h5-10,21H,11-12H2,1-4H3;1H. The van der Waals surface area contributed by atoms with Crippen LogP contribution in [-0.2, 0) is 13.2 Å². The molecule has 6 heteroatoms. The lowest BCUT2D eigenvalue weighted by Crippen LogP contribution is -3.00. The molecule has 2 N–H and O–H groups in total. The first-order valence-corrected chi connectivity index (χ1v) is 8.41. The quantitative estimate of drug-likeness (QED) is 0.738. The molecule has 0 aliphatic heterocycles. The molecule has 1 heterocycles. The molecule has 0 atom stereocenters. The van der Waals surface area contributed by atoms with Crippen molar-refractivity contribution in [1.82, 2.24) is 4.98 Å². The van der Waals surface area contributed by atoms with Gasteiger partial charge in [0.1, 0.15) is 13.2 Å². The molecular formula is C18H24BrClN2O2. The summed E-state index contributed by atoms with van der Waals surface area (Å²) in [5.74, 6) is 1.46. The van der Waals surface area contributed by atoms with E-state index in [4.69, 9.17) is 9.47 Å². The van der Waals surface area contributed by atoms with Gasteiger partial charge in [0, 0.05) is 23.5 Å². The van der Waals surface area contributed by atoms with Crippen LogP contribution in [0.4, 0.5) is 0 Å². The molecule has 0 bridgehead atoms. The zero-order chi connectivity index (χ0) is 16.9. The minimum atomic E-state index is 0. The molecule has 1 aromatic heterocycles. The molecule has 2 aromatic rings. The van der Waals surface area contributed by atoms with Crippen LogP contribution in [0.1, 0.15) is 31.9 Å². The Morgan fingerprint density at radius 3 is 2.54 bits per heavy atom. The first-order chi connectivity index (χ1) is 10.9. The van der Waals surface area contributed by atoms with Gasteiger partial charge < -0.3 is 27.2 Å². The van der Waals surface area contributed by atoms with Crippen LogP contribution in [0.3, 0.4) is 0 Å². The van der Waals surface area contributed by atoms with Crippen molar-refractivity contribution in [3.8, 4) is 11.5 Å². The number of hydrogen-bond donors (Lipinski definition) is 1. The Morgan fingerprint density at radius 2 is 1.96 bits per heavy atom. The van der Waals surface area contributed by atoms with E-state index in [1.54, 1.807) is 19.5 Å². The summed E-state index contributed by atoms with van der Waals surface area (Å²) in [5, 5.41) is 2.30. The number of methoxy groups -OCH3 is 1. The molecule has 0 aliphatic rings. The number of hydrogen-bond acceptors (Lipinski definition) is 3. The maximum atomic E-state index is 5.92. The van der Waals surface area contributed by atoms with E-state index < -0.39 is 0 Å². The second-order valence-corrected chi connectivity index (χ2v) is 7.39. The molecule has 2 rings (SSSR count). The van der Waals surface area contributed by atoms with Crippen molar-refractivity contribution in [3.63, 3.8) is 0 Å². The van der Waals surface area contributed by atoms with Gasteiger partial charge >= 0.3 is 0 Å². The van der Waals surface area contributed by atoms with Crippen LogP contribution < -0.4 is 27.2 Å². The van der Waals surface area contributed by atoms with Crippen LogP contribution in [-0.4, -0.2) is 17.6 Å². The van der Waals surface area contributed by atoms with E-state index in [1.165, 1.54) is 5.56 Å². The fourth-order valence-electron chi connectivity index (χ4n) is 2.09. The van der Waals surface area contributed by atoms with E-state index in [-0.39, 0.29) is 17.9 Å². The van der Waals surface area contributed by atoms with Gasteiger partial charge in [-0.25, -0.2) is 0 Å². The summed E-state index contributed by atoms with van der Waals surface area (Å²) in [6.07, 6.45) is 3.55. The first-order valence-electron chi connectivity index (χ1n) is 7.61. The fraction of sp³-hybridized carbons (Fsp3) is 0.389. The fourth-order valence-corrected chi connectivity index (χ4v) is 2.70. The third kappa shape index (κ3) is 6.30. The molecule has 0 saturated carbocycles. The predicted molar refractivity (Wildman–Crippen MR) is 94.6 cm³/mol. The number of benzene rings is 1. The topological polar surface area (TPSA) is 48.0 Å². The second-order valence-electron chi connectivity index (χ2n) is 6.53. The van der Waals surface area contributed by atoms with E-state index in [2.05, 4.69) is 53.1 Å². The molecule has 132 valence electrons. The van der Waals surface area contributed by atoms with Gasteiger partial charge in [-0.05, 0) is 54.9 Å². The highest BCUT2D eigenvalue weighted by atomic mass is 79.9. The van der Waals surface area contributed by atoms with Gasteiger partial charge in [0.2, 0.25) is 0 Å². The smallest absolute Gasteiger partial charge is 0.175 e. The van der Waals surface area contributed by atoms with Crippen LogP contribution >= 0.6 is 15.9 Å². The SMILES string of the molecule is COc1cc(C[NH2+]C(C)(C)C)cc(Br)c1OCc1cccnc1.[Cl-]. The van der Waals surface area contributed by atoms with Crippen LogP contribution in [0.5, 0.6) is 11.5 Å². The average Bonchev–Trinajstić information content (AvgIpc) is 2.51. The van der Waals surface area contributed by atoms with E-state index in [0.29, 0.717) is 6.61 Å². The van der Waals surface area contributed by atoms with Gasteiger partial charge in [0.05, 0.1) is 17.1 Å². The molecule has 0 amide bonds. The van der Waals surface area contributed by atoms with Crippen molar-refractivity contribution in [1.29, 1.82) is 0 Å². The third-order valence-corrected chi connectivity index (χ3v) is 3.93. The minimum Gasteiger partial charge on any atom is -1.00 e. The molecular weight excluding hydrogens is 392 g/mol. The highest BCUT2D eigenvalue weighted by Crippen LogP contribution is 2.37. The summed E-state index contributed by atoms with van der Waals surface area (Å²) in [6, 6.07) is 8.01. The van der Waals surface area contributed by atoms with Crippen molar-refractivity contribution in [2.24, 2.45) is 0 Å². The summed E-state index contributed by atoms with van der Waals surface area (Å²) >= 11 is 3.60. The lowest BCUT2D eigenvalue weighted by molar-refractivity contribution is -0.731. The van der Waals surface area contributed by atoms with Crippen LogP contribution in [0.25, 0.3) is 0 Å². The molecule has 24 heavy (non-hydrogen) atoms. The van der Waals surface area contributed by atoms with Crippen molar-refractivity contribution < 1.29 is 27.2 Å². The van der Waals surface area contributed by atoms with E-state index in [1.807, 2.05) is 18.2 Å². The number of halogens is 2. The highest BCUT2D eigenvalue weighted by molar-refractivity contribution is 9.10. The Morgan fingerprint density at radius 1 is 1.21 bits per heavy atom. The van der Waals surface area contributed by atoms with Gasteiger partial charge in [0.25, 0.3) is 0 Å². The molecule has 0 aliphatic carbocycles. The minimum absolute atomic E-state index is 0. The molecule has 1 aromatic carbocycles. The third-order valence-electron chi connectivity index (χ3n) is 3.35. The largest absolute Gasteiger partial charge is 1.00 e. The predicted octanol–water partition coefficient (Wildman–Crippen LogP) is 0.298. The normalized spacial score (nSPS) is 10.9. The number of aromatic nitrogens is 1. The van der Waals surface area contributed by atoms with Gasteiger partial charge in [0.15, 0.2) is 11.5 Å². The monoisotopic (exact) mass is 414 g/mol. The second kappa shape index (κ2) is 9.25. The van der Waals surface area contributed by atoms with Gasteiger partial charge in [-0.15, -0.1) is 0 Å². The van der Waals surface area contributed by atoms with E-state index >= 15 is 0 Å². The van der Waals surface area contributed by atoms with Crippen molar-refractivity contribution in [2.75, 3.05) is 7.11 Å². The van der Waals surface area contributed by atoms with Gasteiger partial charge in [-0.2, -0.15) is 0 Å². The molecule has 0 unspecified atom stereocenters. The van der Waals surface area contributed by atoms with E-state index in [0.717, 1.165) is 28.1 Å². The Kier molecular flexibility index (Phi) is 8.00. The summed E-state index contributed by atoms with van der Waals surface area (Å²) in [6.45, 7) is 7.94. The van der Waals surface area contributed by atoms with Crippen molar-refractivity contribution in [3.05, 3.63) is 52.3 Å². The molecule has 0 fully saturated rings. The van der Waals surface area contributed by atoms with Crippen LogP contribution in [0.15, 0.2) is 41.1 Å². The highest BCUT2D eigenvalue weighted by Gasteiger charge is 2.16. The summed E-state index contributed by atoms with van der Waals surface area (Å²) in [7, 11) is 1.66. The summed E-state index contributed by atoms with van der Waals surface area (Å²) < 4.78 is 12.3.